The zero-order valence-corrected chi connectivity index (χ0v) is 21.3. The molecule has 32 heavy (non-hydrogen) atoms. The van der Waals surface area contributed by atoms with Gasteiger partial charge < -0.3 is 9.47 Å². The molecule has 0 aliphatic heterocycles. The summed E-state index contributed by atoms with van der Waals surface area (Å²) < 4.78 is 10.5. The molecule has 0 spiro atoms. The lowest BCUT2D eigenvalue weighted by Gasteiger charge is -2.06. The molecule has 0 fully saturated rings. The van der Waals surface area contributed by atoms with E-state index in [-0.39, 0.29) is 11.9 Å². The average Bonchev–Trinajstić information content (AvgIpc) is 2.79. The molecule has 0 heterocycles. The number of carbonyl (C=O) groups excluding carboxylic acids is 2. The van der Waals surface area contributed by atoms with Gasteiger partial charge in [0.1, 0.15) is 0 Å². The summed E-state index contributed by atoms with van der Waals surface area (Å²) in [5, 5.41) is 0. The van der Waals surface area contributed by atoms with Gasteiger partial charge in [0.15, 0.2) is 0 Å². The predicted octanol–water partition coefficient (Wildman–Crippen LogP) is 8.47. The van der Waals surface area contributed by atoms with Gasteiger partial charge in [-0.15, -0.1) is 0 Å². The fourth-order valence-corrected chi connectivity index (χ4v) is 3.62. The molecular formula is C28H52O4. The molecule has 0 aromatic carbocycles. The van der Waals surface area contributed by atoms with Crippen molar-refractivity contribution in [2.45, 2.75) is 142 Å². The van der Waals surface area contributed by atoms with Crippen molar-refractivity contribution in [2.24, 2.45) is 0 Å². The van der Waals surface area contributed by atoms with E-state index in [2.05, 4.69) is 26.0 Å². The fourth-order valence-electron chi connectivity index (χ4n) is 3.62. The molecule has 4 nitrogen and oxygen atoms in total. The summed E-state index contributed by atoms with van der Waals surface area (Å²) >= 11 is 0. The summed E-state index contributed by atoms with van der Waals surface area (Å²) in [4.78, 5) is 23.5. The van der Waals surface area contributed by atoms with E-state index in [9.17, 15) is 9.59 Å². The number of hydrogen-bond acceptors (Lipinski definition) is 4. The molecule has 0 aliphatic carbocycles. The Balaban J connectivity index is 3.33. The molecule has 0 saturated carbocycles. The molecule has 0 saturated heterocycles. The predicted molar refractivity (Wildman–Crippen MR) is 135 cm³/mol. The number of unbranched alkanes of at least 4 members (excludes halogenated alkanes) is 14. The maximum absolute atomic E-state index is 11.8. The van der Waals surface area contributed by atoms with Gasteiger partial charge in [-0.05, 0) is 38.5 Å². The Kier molecular flexibility index (Phi) is 24.9. The van der Waals surface area contributed by atoms with Crippen LogP contribution >= 0.6 is 0 Å². The van der Waals surface area contributed by atoms with Crippen molar-refractivity contribution in [1.82, 2.24) is 0 Å². The number of carbonyl (C=O) groups is 2. The third kappa shape index (κ3) is 24.9. The Labute approximate surface area is 198 Å². The SMILES string of the molecule is CCCCC/C=C\CCOC(=O)CCCCC(=O)OCCCCCCCCCCCCC. The van der Waals surface area contributed by atoms with Gasteiger partial charge in [0.25, 0.3) is 0 Å². The summed E-state index contributed by atoms with van der Waals surface area (Å²) in [5.74, 6) is -0.308. The van der Waals surface area contributed by atoms with Crippen LogP contribution in [0.1, 0.15) is 142 Å². The van der Waals surface area contributed by atoms with Crippen molar-refractivity contribution in [3.8, 4) is 0 Å². The van der Waals surface area contributed by atoms with Gasteiger partial charge in [-0.25, -0.2) is 0 Å². The summed E-state index contributed by atoms with van der Waals surface area (Å²) in [7, 11) is 0. The minimum atomic E-state index is -0.168. The molecule has 0 unspecified atom stereocenters. The summed E-state index contributed by atoms with van der Waals surface area (Å²) in [6, 6.07) is 0. The number of rotatable bonds is 24. The zero-order valence-electron chi connectivity index (χ0n) is 21.3. The summed E-state index contributed by atoms with van der Waals surface area (Å²) in [6.45, 7) is 5.44. The first-order chi connectivity index (χ1) is 15.7. The summed E-state index contributed by atoms with van der Waals surface area (Å²) in [5.41, 5.74) is 0. The average molecular weight is 453 g/mol. The minimum Gasteiger partial charge on any atom is -0.466 e. The normalized spacial score (nSPS) is 11.2. The number of hydrogen-bond donors (Lipinski definition) is 0. The Hall–Kier alpha value is -1.32. The standard InChI is InChI=1S/C28H52O4/c1-3-5-7-9-11-12-13-14-16-18-22-26-32-28(30)24-20-19-23-27(29)31-25-21-17-15-10-8-6-4-2/h15,17H,3-14,16,18-26H2,1-2H3/b17-15-. The molecule has 0 atom stereocenters. The second kappa shape index (κ2) is 25.9. The van der Waals surface area contributed by atoms with Crippen molar-refractivity contribution in [2.75, 3.05) is 13.2 Å². The third-order valence-corrected chi connectivity index (χ3v) is 5.71. The second-order valence-corrected chi connectivity index (χ2v) is 8.94. The van der Waals surface area contributed by atoms with E-state index in [1.807, 2.05) is 0 Å². The zero-order chi connectivity index (χ0) is 23.5. The van der Waals surface area contributed by atoms with E-state index in [1.54, 1.807) is 0 Å². The Morgan fingerprint density at radius 1 is 0.500 bits per heavy atom. The van der Waals surface area contributed by atoms with E-state index >= 15 is 0 Å². The number of allylic oxidation sites excluding steroid dienone is 1. The number of esters is 2. The Bertz CT molecular complexity index is 445. The van der Waals surface area contributed by atoms with Crippen molar-refractivity contribution in [3.05, 3.63) is 12.2 Å². The van der Waals surface area contributed by atoms with Crippen LogP contribution in [0.15, 0.2) is 12.2 Å². The molecule has 0 aromatic heterocycles. The van der Waals surface area contributed by atoms with Gasteiger partial charge >= 0.3 is 11.9 Å². The molecule has 0 rings (SSSR count). The molecule has 0 N–H and O–H groups in total. The first-order valence-corrected chi connectivity index (χ1v) is 13.7. The van der Waals surface area contributed by atoms with Crippen LogP contribution in [-0.2, 0) is 19.1 Å². The molecule has 4 heteroatoms. The molecule has 0 aromatic rings. The van der Waals surface area contributed by atoms with Crippen LogP contribution in [0.3, 0.4) is 0 Å². The third-order valence-electron chi connectivity index (χ3n) is 5.71. The maximum atomic E-state index is 11.8. The molecule has 0 bridgehead atoms. The molecule has 0 amide bonds. The van der Waals surface area contributed by atoms with Gasteiger partial charge in [0, 0.05) is 12.8 Å². The van der Waals surface area contributed by atoms with Gasteiger partial charge in [-0.2, -0.15) is 0 Å². The molecule has 188 valence electrons. The van der Waals surface area contributed by atoms with Gasteiger partial charge in [0.2, 0.25) is 0 Å². The second-order valence-electron chi connectivity index (χ2n) is 8.94. The smallest absolute Gasteiger partial charge is 0.305 e. The monoisotopic (exact) mass is 452 g/mol. The Morgan fingerprint density at radius 3 is 1.50 bits per heavy atom. The van der Waals surface area contributed by atoms with Crippen molar-refractivity contribution in [1.29, 1.82) is 0 Å². The first kappa shape index (κ1) is 30.7. The highest BCUT2D eigenvalue weighted by Gasteiger charge is 2.06. The van der Waals surface area contributed by atoms with E-state index in [0.29, 0.717) is 38.9 Å². The van der Waals surface area contributed by atoms with E-state index in [0.717, 1.165) is 25.7 Å². The van der Waals surface area contributed by atoms with Crippen molar-refractivity contribution < 1.29 is 19.1 Å². The first-order valence-electron chi connectivity index (χ1n) is 13.7. The van der Waals surface area contributed by atoms with Crippen molar-refractivity contribution in [3.63, 3.8) is 0 Å². The number of ether oxygens (including phenoxy) is 2. The van der Waals surface area contributed by atoms with Crippen molar-refractivity contribution >= 4 is 11.9 Å². The molecule has 0 radical (unpaired) electrons. The maximum Gasteiger partial charge on any atom is 0.305 e. The highest BCUT2D eigenvalue weighted by Crippen LogP contribution is 2.11. The Morgan fingerprint density at radius 2 is 0.938 bits per heavy atom. The highest BCUT2D eigenvalue weighted by molar-refractivity contribution is 5.70. The lowest BCUT2D eigenvalue weighted by molar-refractivity contribution is -0.145. The van der Waals surface area contributed by atoms with E-state index in [1.165, 1.54) is 77.0 Å². The van der Waals surface area contributed by atoms with Crippen LogP contribution in [0.2, 0.25) is 0 Å². The topological polar surface area (TPSA) is 52.6 Å². The van der Waals surface area contributed by atoms with Gasteiger partial charge in [-0.3, -0.25) is 9.59 Å². The van der Waals surface area contributed by atoms with Crippen LogP contribution in [0.5, 0.6) is 0 Å². The van der Waals surface area contributed by atoms with Crippen LogP contribution in [0.4, 0.5) is 0 Å². The van der Waals surface area contributed by atoms with E-state index < -0.39 is 0 Å². The van der Waals surface area contributed by atoms with Crippen LogP contribution < -0.4 is 0 Å². The minimum absolute atomic E-state index is 0.140. The largest absolute Gasteiger partial charge is 0.466 e. The quantitative estimate of drug-likeness (QED) is 0.0837. The van der Waals surface area contributed by atoms with Crippen LogP contribution in [0, 0.1) is 0 Å². The lowest BCUT2D eigenvalue weighted by Crippen LogP contribution is -2.07. The lowest BCUT2D eigenvalue weighted by atomic mass is 10.1. The summed E-state index contributed by atoms with van der Waals surface area (Å²) in [6.07, 6.45) is 26.2. The molecule has 0 aliphatic rings. The van der Waals surface area contributed by atoms with Gasteiger partial charge in [-0.1, -0.05) is 103 Å². The van der Waals surface area contributed by atoms with Crippen LogP contribution in [0.25, 0.3) is 0 Å². The highest BCUT2D eigenvalue weighted by atomic mass is 16.5. The fraction of sp³-hybridized carbons (Fsp3) is 0.857. The molecular weight excluding hydrogens is 400 g/mol. The van der Waals surface area contributed by atoms with Crippen LogP contribution in [-0.4, -0.2) is 25.2 Å². The van der Waals surface area contributed by atoms with Gasteiger partial charge in [0.05, 0.1) is 13.2 Å². The van der Waals surface area contributed by atoms with E-state index in [4.69, 9.17) is 9.47 Å².